The normalized spacial score (nSPS) is 35.2. The summed E-state index contributed by atoms with van der Waals surface area (Å²) in [4.78, 5) is 17.3. The van der Waals surface area contributed by atoms with Crippen molar-refractivity contribution in [1.82, 2.24) is 0 Å². The molecule has 5 nitrogen and oxygen atoms in total. The number of Topliss-reactive ketones (excluding diaryl/α,β-unsaturated/α-hetero) is 1. The second kappa shape index (κ2) is 8.47. The highest BCUT2D eigenvalue weighted by molar-refractivity contribution is 5.97. The molecule has 0 radical (unpaired) electrons. The van der Waals surface area contributed by atoms with E-state index in [2.05, 4.69) is 23.1 Å². The van der Waals surface area contributed by atoms with Crippen molar-refractivity contribution in [1.29, 1.82) is 10.5 Å². The summed E-state index contributed by atoms with van der Waals surface area (Å²) in [5.41, 5.74) is 1.11. The number of para-hydroxylation sites is 1. The molecule has 0 unspecified atom stereocenters. The third-order valence-corrected chi connectivity index (χ3v) is 10.3. The molecule has 0 spiro atoms. The molecule has 2 aromatic carbocycles. The molecule has 4 saturated carbocycles. The van der Waals surface area contributed by atoms with E-state index in [1.165, 1.54) is 19.3 Å². The largest absolute Gasteiger partial charge is 0.494 e. The maximum absolute atomic E-state index is 15.1. The molecule has 3 atom stereocenters. The highest BCUT2D eigenvalue weighted by Crippen LogP contribution is 2.63. The van der Waals surface area contributed by atoms with Gasteiger partial charge in [0, 0.05) is 17.0 Å². The number of anilines is 1. The van der Waals surface area contributed by atoms with Gasteiger partial charge in [0.05, 0.1) is 30.8 Å². The Balaban J connectivity index is 1.41. The first-order valence-corrected chi connectivity index (χ1v) is 14.2. The van der Waals surface area contributed by atoms with E-state index < -0.39 is 23.4 Å². The van der Waals surface area contributed by atoms with Gasteiger partial charge in [0.25, 0.3) is 0 Å². The molecule has 6 aliphatic rings. The maximum Gasteiger partial charge on any atom is 0.176 e. The minimum absolute atomic E-state index is 0.262. The SMILES string of the molecule is CCOc1ccc([C@@H]2[C@@H](C(=O)C34CC5CC(CC(C5)C3)C4)N3c4ccccc4C=C[C@@H]3C2(C#N)C#N)cc1. The molecule has 4 bridgehead atoms. The maximum atomic E-state index is 15.1. The minimum Gasteiger partial charge on any atom is -0.494 e. The van der Waals surface area contributed by atoms with Crippen LogP contribution < -0.4 is 9.64 Å². The summed E-state index contributed by atoms with van der Waals surface area (Å²) in [7, 11) is 0. The summed E-state index contributed by atoms with van der Waals surface area (Å²) in [6.45, 7) is 2.51. The van der Waals surface area contributed by atoms with Gasteiger partial charge in [0.15, 0.2) is 11.2 Å². The lowest BCUT2D eigenvalue weighted by Crippen LogP contribution is -2.56. The van der Waals surface area contributed by atoms with Crippen LogP contribution in [0, 0.1) is 51.2 Å². The Bertz CT molecular complexity index is 1350. The lowest BCUT2D eigenvalue weighted by atomic mass is 9.47. The first-order valence-electron chi connectivity index (χ1n) is 14.2. The van der Waals surface area contributed by atoms with Gasteiger partial charge in [-0.1, -0.05) is 42.5 Å². The average molecular weight is 504 g/mol. The summed E-state index contributed by atoms with van der Waals surface area (Å²) in [6, 6.07) is 19.7. The second-order valence-electron chi connectivity index (χ2n) is 12.3. The zero-order chi connectivity index (χ0) is 26.1. The summed E-state index contributed by atoms with van der Waals surface area (Å²) >= 11 is 0. The number of nitriles is 2. The summed E-state index contributed by atoms with van der Waals surface area (Å²) in [5, 5.41) is 21.5. The molecular weight excluding hydrogens is 470 g/mol. The third kappa shape index (κ3) is 3.18. The van der Waals surface area contributed by atoms with Crippen LogP contribution in [-0.4, -0.2) is 24.5 Å². The van der Waals surface area contributed by atoms with Crippen LogP contribution in [0.5, 0.6) is 5.75 Å². The topological polar surface area (TPSA) is 77.1 Å². The lowest BCUT2D eigenvalue weighted by molar-refractivity contribution is -0.145. The van der Waals surface area contributed by atoms with Gasteiger partial charge in [-0.3, -0.25) is 4.79 Å². The molecule has 2 heterocycles. The van der Waals surface area contributed by atoms with Crippen LogP contribution in [-0.2, 0) is 4.79 Å². The van der Waals surface area contributed by atoms with Crippen LogP contribution in [0.1, 0.15) is 62.5 Å². The second-order valence-corrected chi connectivity index (χ2v) is 12.3. The Morgan fingerprint density at radius 3 is 2.21 bits per heavy atom. The number of carbonyl (C=O) groups is 1. The number of rotatable bonds is 5. The van der Waals surface area contributed by atoms with Gasteiger partial charge in [-0.05, 0) is 92.5 Å². The Kier molecular flexibility index (Phi) is 5.25. The Hall–Kier alpha value is -3.57. The first-order chi connectivity index (χ1) is 18.5. The lowest BCUT2D eigenvalue weighted by Gasteiger charge is -2.57. The van der Waals surface area contributed by atoms with Gasteiger partial charge < -0.3 is 9.64 Å². The number of ether oxygens (including phenoxy) is 1. The van der Waals surface area contributed by atoms with Crippen LogP contribution in [0.25, 0.3) is 6.08 Å². The van der Waals surface area contributed by atoms with E-state index in [0.717, 1.165) is 41.8 Å². The standard InChI is InChI=1S/C33H33N3O2/c1-2-38-26-10-7-25(8-11-26)29-30(31(37)32-16-21-13-22(17-32)15-23(14-21)18-32)36-27-6-4-3-5-24(27)9-12-28(36)33(29,19-34)20-35/h3-12,21-23,28-30H,2,13-18H2,1H3/t21?,22?,23?,28-,29-,30+,32?/m1/s1. The van der Waals surface area contributed by atoms with Crippen molar-refractivity contribution in [2.45, 2.75) is 63.5 Å². The summed E-state index contributed by atoms with van der Waals surface area (Å²) < 4.78 is 5.69. The monoisotopic (exact) mass is 503 g/mol. The van der Waals surface area contributed by atoms with Gasteiger partial charge in [-0.2, -0.15) is 10.5 Å². The predicted octanol–water partition coefficient (Wildman–Crippen LogP) is 6.27. The van der Waals surface area contributed by atoms with E-state index in [1.54, 1.807) is 0 Å². The molecule has 0 amide bonds. The molecule has 0 aromatic heterocycles. The number of carbonyl (C=O) groups excluding carboxylic acids is 1. The fourth-order valence-electron chi connectivity index (χ4n) is 9.27. The number of nitrogens with zero attached hydrogens (tertiary/aromatic N) is 3. The number of hydrogen-bond acceptors (Lipinski definition) is 5. The van der Waals surface area contributed by atoms with E-state index in [-0.39, 0.29) is 11.2 Å². The molecule has 4 aliphatic carbocycles. The molecule has 2 aromatic rings. The van der Waals surface area contributed by atoms with Crippen molar-refractivity contribution in [3.05, 3.63) is 65.7 Å². The van der Waals surface area contributed by atoms with Crippen LogP contribution in [0.2, 0.25) is 0 Å². The number of fused-ring (bicyclic) bond motifs is 3. The Morgan fingerprint density at radius 2 is 1.61 bits per heavy atom. The fourth-order valence-corrected chi connectivity index (χ4v) is 9.27. The fraction of sp³-hybridized carbons (Fsp3) is 0.485. The van der Waals surface area contributed by atoms with Crippen LogP contribution in [0.15, 0.2) is 54.6 Å². The molecule has 1 saturated heterocycles. The highest BCUT2D eigenvalue weighted by atomic mass is 16.5. The first kappa shape index (κ1) is 23.5. The van der Waals surface area contributed by atoms with Gasteiger partial charge in [0.1, 0.15) is 5.75 Å². The Labute approximate surface area is 224 Å². The third-order valence-electron chi connectivity index (χ3n) is 10.3. The van der Waals surface area contributed by atoms with E-state index in [4.69, 9.17) is 4.74 Å². The van der Waals surface area contributed by atoms with Gasteiger partial charge >= 0.3 is 0 Å². The number of hydrogen-bond donors (Lipinski definition) is 0. The van der Waals surface area contributed by atoms with E-state index in [1.807, 2.05) is 61.5 Å². The van der Waals surface area contributed by atoms with Crippen molar-refractivity contribution in [3.63, 3.8) is 0 Å². The number of ketones is 1. The summed E-state index contributed by atoms with van der Waals surface area (Å²) in [5.74, 6) is 2.36. The van der Waals surface area contributed by atoms with Crippen LogP contribution in [0.3, 0.4) is 0 Å². The van der Waals surface area contributed by atoms with Crippen molar-refractivity contribution < 1.29 is 9.53 Å². The number of benzene rings is 2. The Morgan fingerprint density at radius 1 is 0.974 bits per heavy atom. The average Bonchev–Trinajstić information content (AvgIpc) is 3.23. The van der Waals surface area contributed by atoms with Crippen LogP contribution >= 0.6 is 0 Å². The van der Waals surface area contributed by atoms with Gasteiger partial charge in [-0.15, -0.1) is 0 Å². The van der Waals surface area contributed by atoms with Gasteiger partial charge in [-0.25, -0.2) is 0 Å². The molecule has 5 fully saturated rings. The molecule has 38 heavy (non-hydrogen) atoms. The zero-order valence-corrected chi connectivity index (χ0v) is 21.8. The molecule has 0 N–H and O–H groups in total. The minimum atomic E-state index is -1.39. The van der Waals surface area contributed by atoms with Gasteiger partial charge in [0.2, 0.25) is 0 Å². The quantitative estimate of drug-likeness (QED) is 0.480. The molecule has 8 rings (SSSR count). The van der Waals surface area contributed by atoms with Crippen molar-refractivity contribution >= 4 is 17.5 Å². The van der Waals surface area contributed by atoms with Crippen LogP contribution in [0.4, 0.5) is 5.69 Å². The van der Waals surface area contributed by atoms with Crippen molar-refractivity contribution in [3.8, 4) is 17.9 Å². The summed E-state index contributed by atoms with van der Waals surface area (Å²) in [6.07, 6.45) is 10.7. The van der Waals surface area contributed by atoms with E-state index >= 15 is 4.79 Å². The predicted molar refractivity (Wildman–Crippen MR) is 145 cm³/mol. The molecule has 5 heteroatoms. The van der Waals surface area contributed by atoms with E-state index in [0.29, 0.717) is 24.4 Å². The van der Waals surface area contributed by atoms with E-state index in [9.17, 15) is 10.5 Å². The van der Waals surface area contributed by atoms with Crippen molar-refractivity contribution in [2.75, 3.05) is 11.5 Å². The zero-order valence-electron chi connectivity index (χ0n) is 21.8. The van der Waals surface area contributed by atoms with Crippen molar-refractivity contribution in [2.24, 2.45) is 28.6 Å². The molecular formula is C33H33N3O2. The highest BCUT2D eigenvalue weighted by Gasteiger charge is 2.66. The molecule has 192 valence electrons. The smallest absolute Gasteiger partial charge is 0.176 e. The molecule has 2 aliphatic heterocycles.